The Morgan fingerprint density at radius 3 is 2.79 bits per heavy atom. The minimum Gasteiger partial charge on any atom is -0.383 e. The van der Waals surface area contributed by atoms with Gasteiger partial charge in [0.1, 0.15) is 5.69 Å². The number of carbonyl (C=O) groups excluding carboxylic acids is 1. The topological polar surface area (TPSA) is 96.7 Å². The number of nitrogens with one attached hydrogen (secondary N) is 2. The average molecular weight is 419 g/mol. The Labute approximate surface area is 174 Å². The molecule has 1 atom stereocenters. The van der Waals surface area contributed by atoms with Crippen molar-refractivity contribution >= 4 is 28.6 Å². The third-order valence-electron chi connectivity index (χ3n) is 4.99. The van der Waals surface area contributed by atoms with E-state index in [0.29, 0.717) is 25.4 Å². The van der Waals surface area contributed by atoms with Crippen molar-refractivity contribution in [3.63, 3.8) is 0 Å². The summed E-state index contributed by atoms with van der Waals surface area (Å²) in [6.45, 7) is 3.39. The van der Waals surface area contributed by atoms with E-state index in [9.17, 15) is 14.9 Å². The van der Waals surface area contributed by atoms with Gasteiger partial charge in [-0.05, 0) is 49.5 Å². The molecule has 2 aromatic rings. The van der Waals surface area contributed by atoms with E-state index in [-0.39, 0.29) is 23.2 Å². The summed E-state index contributed by atoms with van der Waals surface area (Å²) in [5, 5.41) is 19.4. The van der Waals surface area contributed by atoms with Crippen LogP contribution < -0.4 is 10.6 Å². The van der Waals surface area contributed by atoms with Gasteiger partial charge in [0, 0.05) is 36.7 Å². The Morgan fingerprint density at radius 1 is 1.34 bits per heavy atom. The molecule has 1 aromatic heterocycles. The van der Waals surface area contributed by atoms with E-state index in [1.807, 2.05) is 11.4 Å². The van der Waals surface area contributed by atoms with Crippen molar-refractivity contribution < 1.29 is 14.5 Å². The lowest BCUT2D eigenvalue weighted by molar-refractivity contribution is -0.384. The van der Waals surface area contributed by atoms with Crippen molar-refractivity contribution in [2.24, 2.45) is 0 Å². The number of nitro groups is 1. The van der Waals surface area contributed by atoms with E-state index in [1.165, 1.54) is 23.8 Å². The fraction of sp³-hybridized carbons (Fsp3) is 0.450. The number of benzene rings is 1. The Balaban J connectivity index is 1.69. The molecule has 0 unspecified atom stereocenters. The molecular weight excluding hydrogens is 392 g/mol. The van der Waals surface area contributed by atoms with Gasteiger partial charge < -0.3 is 15.4 Å². The number of rotatable bonds is 10. The van der Waals surface area contributed by atoms with E-state index in [2.05, 4.69) is 21.6 Å². The molecule has 1 amide bonds. The van der Waals surface area contributed by atoms with Gasteiger partial charge in [-0.25, -0.2) is 0 Å². The minimum atomic E-state index is -0.482. The van der Waals surface area contributed by atoms with Crippen molar-refractivity contribution in [1.82, 2.24) is 10.2 Å². The van der Waals surface area contributed by atoms with E-state index in [1.54, 1.807) is 30.6 Å². The molecule has 1 saturated heterocycles. The van der Waals surface area contributed by atoms with Crippen LogP contribution in [0.5, 0.6) is 0 Å². The molecule has 156 valence electrons. The number of methoxy groups -OCH3 is 1. The summed E-state index contributed by atoms with van der Waals surface area (Å²) < 4.78 is 4.95. The van der Waals surface area contributed by atoms with Crippen molar-refractivity contribution in [3.8, 4) is 0 Å². The van der Waals surface area contributed by atoms with Gasteiger partial charge in [-0.2, -0.15) is 0 Å². The predicted molar refractivity (Wildman–Crippen MR) is 114 cm³/mol. The van der Waals surface area contributed by atoms with Crippen LogP contribution in [0, 0.1) is 10.1 Å². The highest BCUT2D eigenvalue weighted by molar-refractivity contribution is 7.10. The monoisotopic (exact) mass is 418 g/mol. The summed E-state index contributed by atoms with van der Waals surface area (Å²) in [6, 6.07) is 8.73. The van der Waals surface area contributed by atoms with Crippen LogP contribution in [0.15, 0.2) is 35.7 Å². The first-order chi connectivity index (χ1) is 14.1. The highest BCUT2D eigenvalue weighted by Crippen LogP contribution is 2.28. The van der Waals surface area contributed by atoms with Gasteiger partial charge in [0.05, 0.1) is 17.6 Å². The maximum absolute atomic E-state index is 12.7. The van der Waals surface area contributed by atoms with Gasteiger partial charge in [-0.15, -0.1) is 11.3 Å². The summed E-state index contributed by atoms with van der Waals surface area (Å²) in [6.07, 6.45) is 2.33. The second kappa shape index (κ2) is 10.3. The van der Waals surface area contributed by atoms with Crippen LogP contribution in [0.4, 0.5) is 11.4 Å². The number of carbonyl (C=O) groups is 1. The molecular formula is C20H26N4O4S. The SMILES string of the molecule is COCCNc1ccc(C(=O)NC[C@H](c2cccs2)N2CCCC2)cc1[N+](=O)[O-]. The molecule has 0 bridgehead atoms. The van der Waals surface area contributed by atoms with Crippen LogP contribution >= 0.6 is 11.3 Å². The standard InChI is InChI=1S/C20H26N4O4S/c1-28-11-8-21-16-7-6-15(13-17(16)24(26)27)20(25)22-14-18(19-5-4-12-29-19)23-9-2-3-10-23/h4-7,12-13,18,21H,2-3,8-11,14H2,1H3,(H,22,25)/t18-/m1/s1. The number of hydrogen-bond donors (Lipinski definition) is 2. The molecule has 1 fully saturated rings. The van der Waals surface area contributed by atoms with Gasteiger partial charge in [0.15, 0.2) is 0 Å². The zero-order chi connectivity index (χ0) is 20.6. The van der Waals surface area contributed by atoms with Gasteiger partial charge in [0.25, 0.3) is 11.6 Å². The molecule has 2 N–H and O–H groups in total. The lowest BCUT2D eigenvalue weighted by Crippen LogP contribution is -2.36. The van der Waals surface area contributed by atoms with Crippen LogP contribution in [-0.4, -0.2) is 55.6 Å². The van der Waals surface area contributed by atoms with Crippen molar-refractivity contribution in [2.45, 2.75) is 18.9 Å². The van der Waals surface area contributed by atoms with Crippen molar-refractivity contribution in [3.05, 3.63) is 56.3 Å². The summed E-state index contributed by atoms with van der Waals surface area (Å²) >= 11 is 1.68. The molecule has 0 aliphatic carbocycles. The molecule has 1 aliphatic rings. The number of nitro benzene ring substituents is 1. The maximum atomic E-state index is 12.7. The minimum absolute atomic E-state index is 0.122. The average Bonchev–Trinajstić information content (AvgIpc) is 3.43. The Kier molecular flexibility index (Phi) is 7.56. The Morgan fingerprint density at radius 2 is 2.14 bits per heavy atom. The molecule has 0 radical (unpaired) electrons. The molecule has 29 heavy (non-hydrogen) atoms. The van der Waals surface area contributed by atoms with Crippen LogP contribution in [0.25, 0.3) is 0 Å². The maximum Gasteiger partial charge on any atom is 0.293 e. The van der Waals surface area contributed by atoms with Crippen molar-refractivity contribution in [1.29, 1.82) is 0 Å². The highest BCUT2D eigenvalue weighted by atomic mass is 32.1. The number of thiophene rings is 1. The molecule has 3 rings (SSSR count). The fourth-order valence-electron chi connectivity index (χ4n) is 3.50. The number of likely N-dealkylation sites (tertiary alicyclic amines) is 1. The first-order valence-electron chi connectivity index (χ1n) is 9.67. The predicted octanol–water partition coefficient (Wildman–Crippen LogP) is 3.28. The smallest absolute Gasteiger partial charge is 0.293 e. The van der Waals surface area contributed by atoms with Crippen LogP contribution in [0.3, 0.4) is 0 Å². The number of hydrogen-bond acceptors (Lipinski definition) is 7. The molecule has 8 nitrogen and oxygen atoms in total. The summed E-state index contributed by atoms with van der Waals surface area (Å²) in [7, 11) is 1.56. The van der Waals surface area contributed by atoms with Crippen LogP contribution in [0.2, 0.25) is 0 Å². The third-order valence-corrected chi connectivity index (χ3v) is 5.96. The van der Waals surface area contributed by atoms with Crippen molar-refractivity contribution in [2.75, 3.05) is 45.2 Å². The lowest BCUT2D eigenvalue weighted by atomic mass is 10.1. The highest BCUT2D eigenvalue weighted by Gasteiger charge is 2.25. The molecule has 9 heteroatoms. The first-order valence-corrected chi connectivity index (χ1v) is 10.5. The molecule has 0 saturated carbocycles. The normalized spacial score (nSPS) is 15.2. The summed E-state index contributed by atoms with van der Waals surface area (Å²) in [5.74, 6) is -0.308. The number of nitrogens with zero attached hydrogens (tertiary/aromatic N) is 2. The van der Waals surface area contributed by atoms with E-state index in [0.717, 1.165) is 13.1 Å². The van der Waals surface area contributed by atoms with Gasteiger partial charge in [0.2, 0.25) is 0 Å². The lowest BCUT2D eigenvalue weighted by Gasteiger charge is -2.27. The first kappa shape index (κ1) is 21.2. The molecule has 1 aliphatic heterocycles. The zero-order valence-electron chi connectivity index (χ0n) is 16.4. The fourth-order valence-corrected chi connectivity index (χ4v) is 4.36. The number of anilines is 1. The second-order valence-corrected chi connectivity index (χ2v) is 7.87. The number of amides is 1. The Bertz CT molecular complexity index is 822. The molecule has 2 heterocycles. The van der Waals surface area contributed by atoms with E-state index < -0.39 is 4.92 Å². The van der Waals surface area contributed by atoms with Gasteiger partial charge in [-0.3, -0.25) is 19.8 Å². The van der Waals surface area contributed by atoms with Crippen LogP contribution in [0.1, 0.15) is 34.1 Å². The van der Waals surface area contributed by atoms with E-state index >= 15 is 0 Å². The third kappa shape index (κ3) is 5.53. The number of ether oxygens (including phenoxy) is 1. The largest absolute Gasteiger partial charge is 0.383 e. The quantitative estimate of drug-likeness (QED) is 0.349. The Hall–Kier alpha value is -2.49. The van der Waals surface area contributed by atoms with Gasteiger partial charge >= 0.3 is 0 Å². The summed E-state index contributed by atoms with van der Waals surface area (Å²) in [4.78, 5) is 27.2. The van der Waals surface area contributed by atoms with Crippen LogP contribution in [-0.2, 0) is 4.74 Å². The van der Waals surface area contributed by atoms with E-state index in [4.69, 9.17) is 4.74 Å². The molecule has 1 aromatic carbocycles. The zero-order valence-corrected chi connectivity index (χ0v) is 17.2. The van der Waals surface area contributed by atoms with Gasteiger partial charge in [-0.1, -0.05) is 6.07 Å². The molecule has 0 spiro atoms. The second-order valence-electron chi connectivity index (χ2n) is 6.89. The summed E-state index contributed by atoms with van der Waals surface area (Å²) in [5.41, 5.74) is 0.528.